The number of imidazole rings is 1. The van der Waals surface area contributed by atoms with Crippen molar-refractivity contribution in [1.82, 2.24) is 34.8 Å². The predicted octanol–water partition coefficient (Wildman–Crippen LogP) is 2.57. The number of para-hydroxylation sites is 2. The number of benzene rings is 2. The Morgan fingerprint density at radius 1 is 1.11 bits per heavy atom. The van der Waals surface area contributed by atoms with Gasteiger partial charge in [0.25, 0.3) is 5.91 Å². The van der Waals surface area contributed by atoms with Crippen LogP contribution in [0.2, 0.25) is 0 Å². The number of fused-ring (bicyclic) bond motifs is 3. The Morgan fingerprint density at radius 3 is 2.77 bits per heavy atom. The zero-order valence-electron chi connectivity index (χ0n) is 23.7. The Labute approximate surface area is 250 Å². The number of methoxy groups -OCH3 is 1. The number of nitrogens with one attached hydrogen (secondary N) is 3. The van der Waals surface area contributed by atoms with E-state index in [1.807, 2.05) is 42.6 Å². The minimum Gasteiger partial charge on any atom is -0.496 e. The van der Waals surface area contributed by atoms with Gasteiger partial charge in [0.2, 0.25) is 0 Å². The fraction of sp³-hybridized carbons (Fsp3) is 0.258. The molecule has 1 fully saturated rings. The van der Waals surface area contributed by atoms with E-state index < -0.39 is 37.0 Å². The van der Waals surface area contributed by atoms with Crippen LogP contribution in [0.3, 0.4) is 0 Å². The monoisotopic (exact) mass is 594 g/mol. The molecule has 1 aliphatic rings. The van der Waals surface area contributed by atoms with E-state index in [1.165, 1.54) is 30.7 Å². The normalized spacial score (nSPS) is 20.0. The number of carbonyl (C=O) groups is 1. The summed E-state index contributed by atoms with van der Waals surface area (Å²) >= 11 is 0. The van der Waals surface area contributed by atoms with Crippen molar-refractivity contribution in [3.63, 3.8) is 0 Å². The highest BCUT2D eigenvalue weighted by molar-refractivity contribution is 5.97. The Balaban J connectivity index is 1.14. The fourth-order valence-electron chi connectivity index (χ4n) is 5.77. The van der Waals surface area contributed by atoms with Gasteiger partial charge in [0.15, 0.2) is 23.2 Å². The number of anilines is 1. The number of aliphatic hydroxyl groups is 2. The van der Waals surface area contributed by atoms with Crippen LogP contribution in [0.25, 0.3) is 33.0 Å². The lowest BCUT2D eigenvalue weighted by Crippen LogP contribution is -2.47. The maximum Gasteiger partial charge on any atom is 0.270 e. The van der Waals surface area contributed by atoms with Crippen molar-refractivity contribution in [2.75, 3.05) is 25.6 Å². The fourth-order valence-corrected chi connectivity index (χ4v) is 5.77. The van der Waals surface area contributed by atoms with Crippen LogP contribution in [-0.4, -0.2) is 84.1 Å². The number of carbonyl (C=O) groups excluding carboxylic acids is 1. The molecule has 4 atom stereocenters. The first-order valence-electron chi connectivity index (χ1n) is 14.2. The average molecular weight is 595 g/mol. The number of hydrogen-bond donors (Lipinski definition) is 5. The SMILES string of the molecule is COc1cc(C(=O)N[C@@H]2[C@H](O)[C@@H](CO)O[C@H]2n2cnc3c(NCCc4c[nH]c5ccccc45)ncnc32)nc2ccccc12. The van der Waals surface area contributed by atoms with Crippen molar-refractivity contribution in [2.24, 2.45) is 0 Å². The molecule has 0 radical (unpaired) electrons. The van der Waals surface area contributed by atoms with E-state index in [9.17, 15) is 15.0 Å². The van der Waals surface area contributed by atoms with E-state index in [4.69, 9.17) is 9.47 Å². The van der Waals surface area contributed by atoms with Crippen molar-refractivity contribution in [2.45, 2.75) is 30.9 Å². The standard InChI is InChI=1S/C31H30N8O5/c1-43-23-12-22(37-21-9-5-3-7-19(21)23)30(42)38-25-27(41)24(14-40)44-31(25)39-16-36-26-28(34-15-35-29(26)39)32-11-10-17-13-33-20-8-4-2-6-18(17)20/h2-9,12-13,15-16,24-25,27,31,33,40-41H,10-11,14H2,1H3,(H,38,42)(H,32,34,35)/t24-,25-,27-,31-/m1/s1. The summed E-state index contributed by atoms with van der Waals surface area (Å²) in [5, 5.41) is 29.1. The van der Waals surface area contributed by atoms with Gasteiger partial charge in [-0.3, -0.25) is 9.36 Å². The minimum atomic E-state index is -1.22. The molecule has 0 bridgehead atoms. The smallest absolute Gasteiger partial charge is 0.270 e. The van der Waals surface area contributed by atoms with E-state index in [0.29, 0.717) is 34.8 Å². The summed E-state index contributed by atoms with van der Waals surface area (Å²) in [5.41, 5.74) is 3.91. The molecule has 1 amide bonds. The second-order valence-corrected chi connectivity index (χ2v) is 10.5. The zero-order valence-corrected chi connectivity index (χ0v) is 23.7. The van der Waals surface area contributed by atoms with Crippen molar-refractivity contribution < 1.29 is 24.5 Å². The number of ether oxygens (including phenoxy) is 2. The van der Waals surface area contributed by atoms with Crippen molar-refractivity contribution >= 4 is 44.7 Å². The van der Waals surface area contributed by atoms with Crippen LogP contribution >= 0.6 is 0 Å². The molecule has 0 aliphatic carbocycles. The molecule has 7 rings (SSSR count). The van der Waals surface area contributed by atoms with Crippen molar-refractivity contribution in [3.05, 3.63) is 84.7 Å². The zero-order chi connectivity index (χ0) is 30.2. The third-order valence-electron chi connectivity index (χ3n) is 7.97. The maximum atomic E-state index is 13.5. The van der Waals surface area contributed by atoms with Crippen LogP contribution in [0.4, 0.5) is 5.82 Å². The summed E-state index contributed by atoms with van der Waals surface area (Å²) in [4.78, 5) is 34.6. The first kappa shape index (κ1) is 27.7. The first-order valence-corrected chi connectivity index (χ1v) is 14.2. The molecule has 2 aromatic carbocycles. The van der Waals surface area contributed by atoms with Crippen molar-refractivity contribution in [1.29, 1.82) is 0 Å². The van der Waals surface area contributed by atoms with Gasteiger partial charge >= 0.3 is 0 Å². The van der Waals surface area contributed by atoms with E-state index >= 15 is 0 Å². The van der Waals surface area contributed by atoms with E-state index in [0.717, 1.165) is 17.3 Å². The van der Waals surface area contributed by atoms with Crippen LogP contribution in [0.1, 0.15) is 22.3 Å². The van der Waals surface area contributed by atoms with Crippen LogP contribution < -0.4 is 15.4 Å². The van der Waals surface area contributed by atoms with Gasteiger partial charge in [0.05, 0.1) is 25.6 Å². The van der Waals surface area contributed by atoms with Gasteiger partial charge in [-0.25, -0.2) is 19.9 Å². The lowest BCUT2D eigenvalue weighted by molar-refractivity contribution is -0.0440. The van der Waals surface area contributed by atoms with Gasteiger partial charge < -0.3 is 35.3 Å². The second kappa shape index (κ2) is 11.5. The number of hydrogen-bond acceptors (Lipinski definition) is 10. The van der Waals surface area contributed by atoms with Crippen molar-refractivity contribution in [3.8, 4) is 5.75 Å². The van der Waals surface area contributed by atoms with Gasteiger partial charge in [-0.1, -0.05) is 30.3 Å². The topological polar surface area (TPSA) is 172 Å². The van der Waals surface area contributed by atoms with Gasteiger partial charge in [-0.2, -0.15) is 0 Å². The molecular weight excluding hydrogens is 564 g/mol. The summed E-state index contributed by atoms with van der Waals surface area (Å²) in [6, 6.07) is 16.1. The number of nitrogens with zero attached hydrogens (tertiary/aromatic N) is 5. The minimum absolute atomic E-state index is 0.110. The van der Waals surface area contributed by atoms with Crippen LogP contribution in [0.5, 0.6) is 5.75 Å². The molecule has 4 aromatic heterocycles. The van der Waals surface area contributed by atoms with Gasteiger partial charge in [0.1, 0.15) is 36.0 Å². The first-order chi connectivity index (χ1) is 21.6. The Bertz CT molecular complexity index is 1970. The van der Waals surface area contributed by atoms with E-state index in [-0.39, 0.29) is 5.69 Å². The summed E-state index contributed by atoms with van der Waals surface area (Å²) in [6.07, 6.45) is 2.62. The van der Waals surface area contributed by atoms with Gasteiger partial charge in [-0.05, 0) is 30.2 Å². The Morgan fingerprint density at radius 2 is 1.93 bits per heavy atom. The molecule has 224 valence electrons. The molecule has 1 saturated heterocycles. The van der Waals surface area contributed by atoms with E-state index in [1.54, 1.807) is 16.7 Å². The number of aliphatic hydroxyl groups excluding tert-OH is 2. The Hall–Kier alpha value is -5.11. The summed E-state index contributed by atoms with van der Waals surface area (Å²) < 4.78 is 13.1. The highest BCUT2D eigenvalue weighted by Gasteiger charge is 2.46. The summed E-state index contributed by atoms with van der Waals surface area (Å²) in [7, 11) is 1.53. The summed E-state index contributed by atoms with van der Waals surface area (Å²) in [5.74, 6) is 0.499. The molecular formula is C31H30N8O5. The number of aromatic amines is 1. The highest BCUT2D eigenvalue weighted by atomic mass is 16.5. The number of pyridine rings is 1. The molecule has 13 heteroatoms. The third-order valence-corrected chi connectivity index (χ3v) is 7.97. The lowest BCUT2D eigenvalue weighted by Gasteiger charge is -2.23. The van der Waals surface area contributed by atoms with Crippen LogP contribution in [0.15, 0.2) is 73.4 Å². The van der Waals surface area contributed by atoms with Crippen LogP contribution in [0, 0.1) is 0 Å². The Kier molecular flexibility index (Phi) is 7.26. The highest BCUT2D eigenvalue weighted by Crippen LogP contribution is 2.33. The molecule has 0 unspecified atom stereocenters. The molecule has 5 heterocycles. The largest absolute Gasteiger partial charge is 0.496 e. The third kappa shape index (κ3) is 4.86. The number of H-pyrrole nitrogens is 1. The molecule has 44 heavy (non-hydrogen) atoms. The van der Waals surface area contributed by atoms with E-state index in [2.05, 4.69) is 41.6 Å². The molecule has 5 N–H and O–H groups in total. The predicted molar refractivity (Wildman–Crippen MR) is 162 cm³/mol. The average Bonchev–Trinajstić information content (AvgIpc) is 3.76. The quantitative estimate of drug-likeness (QED) is 0.167. The van der Waals surface area contributed by atoms with Crippen LogP contribution in [-0.2, 0) is 11.2 Å². The number of aromatic nitrogens is 6. The summed E-state index contributed by atoms with van der Waals surface area (Å²) in [6.45, 7) is 0.154. The molecule has 0 spiro atoms. The second-order valence-electron chi connectivity index (χ2n) is 10.5. The molecule has 6 aromatic rings. The molecule has 13 nitrogen and oxygen atoms in total. The number of rotatable bonds is 9. The molecule has 0 saturated carbocycles. The van der Waals surface area contributed by atoms with Gasteiger partial charge in [0, 0.05) is 35.1 Å². The van der Waals surface area contributed by atoms with Gasteiger partial charge in [-0.15, -0.1) is 0 Å². The lowest BCUT2D eigenvalue weighted by atomic mass is 10.1. The molecule has 1 aliphatic heterocycles. The number of amides is 1. The maximum absolute atomic E-state index is 13.5.